The molecule has 3 rings (SSSR count). The van der Waals surface area contributed by atoms with E-state index in [0.29, 0.717) is 11.3 Å². The predicted octanol–water partition coefficient (Wildman–Crippen LogP) is 3.10. The fourth-order valence-corrected chi connectivity index (χ4v) is 2.14. The topological polar surface area (TPSA) is 94.6 Å². The highest BCUT2D eigenvalue weighted by Crippen LogP contribution is 2.23. The van der Waals surface area contributed by atoms with Crippen molar-refractivity contribution in [2.24, 2.45) is 0 Å². The highest BCUT2D eigenvalue weighted by Gasteiger charge is 2.19. The Morgan fingerprint density at radius 3 is 2.68 bits per heavy atom. The molecule has 3 aromatic rings. The van der Waals surface area contributed by atoms with E-state index in [2.05, 4.69) is 10.5 Å². The summed E-state index contributed by atoms with van der Waals surface area (Å²) in [7, 11) is 0. The first-order valence-electron chi connectivity index (χ1n) is 7.75. The van der Waals surface area contributed by atoms with Crippen molar-refractivity contribution in [1.82, 2.24) is 5.16 Å². The second kappa shape index (κ2) is 6.43. The molecule has 130 valence electrons. The molecule has 0 fully saturated rings. The fourth-order valence-electron chi connectivity index (χ4n) is 2.14. The first-order chi connectivity index (χ1) is 11.8. The van der Waals surface area contributed by atoms with Gasteiger partial charge in [-0.15, -0.1) is 0 Å². The summed E-state index contributed by atoms with van der Waals surface area (Å²) in [6, 6.07) is 9.70. The largest absolute Gasteiger partial charge is 0.484 e. The first kappa shape index (κ1) is 16.8. The van der Waals surface area contributed by atoms with E-state index < -0.39 is 5.63 Å². The molecule has 0 radical (unpaired) electrons. The standard InChI is InChI=1S/C18H18N2O5/c1-18(2,3)14-9-16(25-20-14)19-15(21)10-23-12-6-4-11-5-7-17(22)24-13(11)8-12/h4-9H,10H2,1-3H3,(H,19,21). The number of fused-ring (bicyclic) bond motifs is 1. The first-order valence-corrected chi connectivity index (χ1v) is 7.75. The molecule has 1 amide bonds. The van der Waals surface area contributed by atoms with Crippen molar-refractivity contribution in [2.45, 2.75) is 26.2 Å². The quantitative estimate of drug-likeness (QED) is 0.732. The second-order valence-corrected chi connectivity index (χ2v) is 6.62. The minimum absolute atomic E-state index is 0.169. The highest BCUT2D eigenvalue weighted by atomic mass is 16.5. The van der Waals surface area contributed by atoms with E-state index in [1.807, 2.05) is 20.8 Å². The van der Waals surface area contributed by atoms with Crippen LogP contribution < -0.4 is 15.7 Å². The van der Waals surface area contributed by atoms with Gasteiger partial charge in [-0.3, -0.25) is 10.1 Å². The SMILES string of the molecule is CC(C)(C)c1cc(NC(=O)COc2ccc3ccc(=O)oc3c2)on1. The number of benzene rings is 1. The maximum absolute atomic E-state index is 12.0. The van der Waals surface area contributed by atoms with E-state index in [1.54, 1.807) is 30.3 Å². The molecule has 0 saturated heterocycles. The molecular formula is C18H18N2O5. The monoisotopic (exact) mass is 342 g/mol. The average Bonchev–Trinajstić information content (AvgIpc) is 3.01. The molecule has 7 nitrogen and oxygen atoms in total. The van der Waals surface area contributed by atoms with Crippen molar-refractivity contribution in [2.75, 3.05) is 11.9 Å². The number of ether oxygens (including phenoxy) is 1. The number of anilines is 1. The van der Waals surface area contributed by atoms with Crippen molar-refractivity contribution in [3.05, 3.63) is 52.5 Å². The molecule has 0 bridgehead atoms. The van der Waals surface area contributed by atoms with Crippen LogP contribution in [0.1, 0.15) is 26.5 Å². The lowest BCUT2D eigenvalue weighted by Crippen LogP contribution is -2.19. The molecule has 0 aliphatic carbocycles. The Morgan fingerprint density at radius 1 is 1.20 bits per heavy atom. The van der Waals surface area contributed by atoms with E-state index >= 15 is 0 Å². The van der Waals surface area contributed by atoms with Gasteiger partial charge in [0, 0.05) is 29.0 Å². The number of nitrogens with zero attached hydrogens (tertiary/aromatic N) is 1. The predicted molar refractivity (Wildman–Crippen MR) is 91.8 cm³/mol. The van der Waals surface area contributed by atoms with Crippen LogP contribution in [0.2, 0.25) is 0 Å². The Hall–Kier alpha value is -3.09. The zero-order valence-electron chi connectivity index (χ0n) is 14.2. The van der Waals surface area contributed by atoms with E-state index in [4.69, 9.17) is 13.7 Å². The van der Waals surface area contributed by atoms with E-state index in [9.17, 15) is 9.59 Å². The minimum Gasteiger partial charge on any atom is -0.484 e. The molecule has 1 N–H and O–H groups in total. The third-order valence-electron chi connectivity index (χ3n) is 3.51. The Balaban J connectivity index is 1.62. The van der Waals surface area contributed by atoms with Gasteiger partial charge in [-0.2, -0.15) is 0 Å². The number of aromatic nitrogens is 1. The van der Waals surface area contributed by atoms with Gasteiger partial charge in [-0.1, -0.05) is 25.9 Å². The molecule has 0 aliphatic heterocycles. The van der Waals surface area contributed by atoms with Gasteiger partial charge in [0.15, 0.2) is 6.61 Å². The summed E-state index contributed by atoms with van der Waals surface area (Å²) in [5.74, 6) is 0.305. The minimum atomic E-state index is -0.442. The van der Waals surface area contributed by atoms with Gasteiger partial charge in [-0.05, 0) is 18.2 Å². The second-order valence-electron chi connectivity index (χ2n) is 6.62. The van der Waals surface area contributed by atoms with Crippen LogP contribution >= 0.6 is 0 Å². The summed E-state index contributed by atoms with van der Waals surface area (Å²) in [5.41, 5.74) is 0.531. The van der Waals surface area contributed by atoms with E-state index in [-0.39, 0.29) is 23.8 Å². The lowest BCUT2D eigenvalue weighted by molar-refractivity contribution is -0.118. The lowest BCUT2D eigenvalue weighted by atomic mass is 9.92. The summed E-state index contributed by atoms with van der Waals surface area (Å²) in [6.07, 6.45) is 0. The van der Waals surface area contributed by atoms with E-state index in [0.717, 1.165) is 11.1 Å². The maximum atomic E-state index is 12.0. The maximum Gasteiger partial charge on any atom is 0.336 e. The zero-order valence-corrected chi connectivity index (χ0v) is 14.2. The van der Waals surface area contributed by atoms with Crippen molar-refractivity contribution < 1.29 is 18.5 Å². The van der Waals surface area contributed by atoms with Crippen molar-refractivity contribution in [1.29, 1.82) is 0 Å². The zero-order chi connectivity index (χ0) is 18.0. The van der Waals surface area contributed by atoms with Crippen LogP contribution in [0.3, 0.4) is 0 Å². The van der Waals surface area contributed by atoms with Crippen molar-refractivity contribution in [3.63, 3.8) is 0 Å². The fraction of sp³-hybridized carbons (Fsp3) is 0.278. The van der Waals surface area contributed by atoms with Gasteiger partial charge in [0.2, 0.25) is 5.88 Å². The van der Waals surface area contributed by atoms with Gasteiger partial charge in [0.25, 0.3) is 5.91 Å². The number of hydrogen-bond acceptors (Lipinski definition) is 6. The molecule has 25 heavy (non-hydrogen) atoms. The van der Waals surface area contributed by atoms with Crippen LogP contribution in [0.4, 0.5) is 5.88 Å². The third kappa shape index (κ3) is 4.06. The van der Waals surface area contributed by atoms with Gasteiger partial charge < -0.3 is 13.7 Å². The number of hydrogen-bond donors (Lipinski definition) is 1. The van der Waals surface area contributed by atoms with Crippen molar-refractivity contribution >= 4 is 22.8 Å². The lowest BCUT2D eigenvalue weighted by Gasteiger charge is -2.12. The molecule has 0 aliphatic rings. The summed E-state index contributed by atoms with van der Waals surface area (Å²) in [6.45, 7) is 5.78. The van der Waals surface area contributed by atoms with Crippen LogP contribution in [0.15, 0.2) is 50.1 Å². The van der Waals surface area contributed by atoms with E-state index in [1.165, 1.54) is 6.07 Å². The molecule has 2 heterocycles. The third-order valence-corrected chi connectivity index (χ3v) is 3.51. The molecular weight excluding hydrogens is 324 g/mol. The Labute approximate surface area is 143 Å². The number of amides is 1. The molecule has 0 spiro atoms. The smallest absolute Gasteiger partial charge is 0.336 e. The molecule has 7 heteroatoms. The van der Waals surface area contributed by atoms with Gasteiger partial charge in [0.05, 0.1) is 5.69 Å². The van der Waals surface area contributed by atoms with Crippen molar-refractivity contribution in [3.8, 4) is 5.75 Å². The van der Waals surface area contributed by atoms with Gasteiger partial charge in [-0.25, -0.2) is 4.79 Å². The number of carbonyl (C=O) groups excluding carboxylic acids is 1. The number of nitrogens with one attached hydrogen (secondary N) is 1. The summed E-state index contributed by atoms with van der Waals surface area (Å²) >= 11 is 0. The van der Waals surface area contributed by atoms with Crippen LogP contribution in [-0.2, 0) is 10.2 Å². The molecule has 1 aromatic carbocycles. The van der Waals surface area contributed by atoms with Crippen LogP contribution in [-0.4, -0.2) is 17.7 Å². The van der Waals surface area contributed by atoms with Crippen LogP contribution in [0.5, 0.6) is 5.75 Å². The van der Waals surface area contributed by atoms with Crippen LogP contribution in [0.25, 0.3) is 11.0 Å². The Morgan fingerprint density at radius 2 is 1.96 bits per heavy atom. The molecule has 0 saturated carbocycles. The number of rotatable bonds is 4. The molecule has 2 aromatic heterocycles. The molecule has 0 unspecified atom stereocenters. The summed E-state index contributed by atoms with van der Waals surface area (Å²) < 4.78 is 15.6. The summed E-state index contributed by atoms with van der Waals surface area (Å²) in [4.78, 5) is 23.2. The highest BCUT2D eigenvalue weighted by molar-refractivity contribution is 5.90. The average molecular weight is 342 g/mol. The van der Waals surface area contributed by atoms with Gasteiger partial charge in [0.1, 0.15) is 11.3 Å². The molecule has 0 atom stereocenters. The Kier molecular flexibility index (Phi) is 4.31. The normalized spacial score (nSPS) is 11.5. The number of carbonyl (C=O) groups is 1. The van der Waals surface area contributed by atoms with Gasteiger partial charge >= 0.3 is 5.63 Å². The summed E-state index contributed by atoms with van der Waals surface area (Å²) in [5, 5.41) is 7.28. The Bertz CT molecular complexity index is 965. The van der Waals surface area contributed by atoms with Crippen LogP contribution in [0, 0.1) is 0 Å².